The SMILES string of the molecule is Cc1nc2sc(C(=O)Nc3scc(-c4ccccc4)c3C(N)=O)c(N)c2c(C)c1C. The zero-order chi connectivity index (χ0) is 21.6. The van der Waals surface area contributed by atoms with Crippen LogP contribution in [0.1, 0.15) is 36.9 Å². The fourth-order valence-corrected chi connectivity index (χ4v) is 5.49. The third-order valence-corrected chi connectivity index (χ3v) is 7.23. The molecule has 0 radical (unpaired) electrons. The zero-order valence-corrected chi connectivity index (χ0v) is 18.3. The molecular weight excluding hydrogens is 416 g/mol. The number of carbonyl (C=O) groups is 2. The van der Waals surface area contributed by atoms with Gasteiger partial charge < -0.3 is 16.8 Å². The summed E-state index contributed by atoms with van der Waals surface area (Å²) in [5.41, 5.74) is 17.2. The van der Waals surface area contributed by atoms with Crippen molar-refractivity contribution in [3.8, 4) is 11.1 Å². The van der Waals surface area contributed by atoms with Crippen LogP contribution >= 0.6 is 22.7 Å². The van der Waals surface area contributed by atoms with E-state index < -0.39 is 5.91 Å². The number of benzene rings is 1. The molecule has 0 bridgehead atoms. The van der Waals surface area contributed by atoms with Crippen LogP contribution in [0.25, 0.3) is 21.3 Å². The molecule has 0 atom stereocenters. The van der Waals surface area contributed by atoms with Crippen molar-refractivity contribution in [2.75, 3.05) is 11.1 Å². The first-order valence-corrected chi connectivity index (χ1v) is 10.9. The van der Waals surface area contributed by atoms with Crippen molar-refractivity contribution in [2.24, 2.45) is 5.73 Å². The highest BCUT2D eigenvalue weighted by molar-refractivity contribution is 7.21. The first kappa shape index (κ1) is 20.1. The van der Waals surface area contributed by atoms with Gasteiger partial charge in [0.1, 0.15) is 14.7 Å². The second-order valence-electron chi connectivity index (χ2n) is 7.01. The van der Waals surface area contributed by atoms with Crippen molar-refractivity contribution in [3.63, 3.8) is 0 Å². The van der Waals surface area contributed by atoms with Crippen LogP contribution in [-0.4, -0.2) is 16.8 Å². The van der Waals surface area contributed by atoms with Crippen molar-refractivity contribution in [3.05, 3.63) is 63.0 Å². The Morgan fingerprint density at radius 3 is 2.43 bits per heavy atom. The summed E-state index contributed by atoms with van der Waals surface area (Å²) in [7, 11) is 0. The molecule has 0 aliphatic carbocycles. The summed E-state index contributed by atoms with van der Waals surface area (Å²) in [6.07, 6.45) is 0. The van der Waals surface area contributed by atoms with Crippen LogP contribution in [0.2, 0.25) is 0 Å². The number of hydrogen-bond donors (Lipinski definition) is 3. The van der Waals surface area contributed by atoms with E-state index in [-0.39, 0.29) is 5.91 Å². The summed E-state index contributed by atoms with van der Waals surface area (Å²) >= 11 is 2.50. The lowest BCUT2D eigenvalue weighted by Gasteiger charge is -2.07. The highest BCUT2D eigenvalue weighted by Crippen LogP contribution is 2.39. The van der Waals surface area contributed by atoms with E-state index >= 15 is 0 Å². The Bertz CT molecular complexity index is 1310. The number of nitrogens with one attached hydrogen (secondary N) is 1. The Kier molecular flexibility index (Phi) is 5.05. The van der Waals surface area contributed by atoms with E-state index in [0.717, 1.165) is 32.6 Å². The number of fused-ring (bicyclic) bond motifs is 1. The van der Waals surface area contributed by atoms with Gasteiger partial charge in [-0.25, -0.2) is 4.98 Å². The number of carbonyl (C=O) groups excluding carboxylic acids is 2. The molecule has 0 saturated heterocycles. The number of aryl methyl sites for hydroxylation is 2. The summed E-state index contributed by atoms with van der Waals surface area (Å²) in [4.78, 5) is 30.9. The average molecular weight is 437 g/mol. The minimum atomic E-state index is -0.599. The monoisotopic (exact) mass is 436 g/mol. The van der Waals surface area contributed by atoms with E-state index in [2.05, 4.69) is 10.3 Å². The quantitative estimate of drug-likeness (QED) is 0.423. The van der Waals surface area contributed by atoms with E-state index in [9.17, 15) is 9.59 Å². The second kappa shape index (κ2) is 7.55. The zero-order valence-electron chi connectivity index (χ0n) is 16.7. The number of rotatable bonds is 4. The summed E-state index contributed by atoms with van der Waals surface area (Å²) in [5.74, 6) is -0.979. The van der Waals surface area contributed by atoms with Gasteiger partial charge >= 0.3 is 0 Å². The maximum absolute atomic E-state index is 13.1. The van der Waals surface area contributed by atoms with Crippen molar-refractivity contribution in [2.45, 2.75) is 20.8 Å². The van der Waals surface area contributed by atoms with E-state index in [1.807, 2.05) is 56.5 Å². The summed E-state index contributed by atoms with van der Waals surface area (Å²) in [5, 5.41) is 5.86. The molecule has 5 N–H and O–H groups in total. The highest BCUT2D eigenvalue weighted by atomic mass is 32.1. The van der Waals surface area contributed by atoms with Crippen LogP contribution < -0.4 is 16.8 Å². The molecule has 2 amide bonds. The molecule has 1 aromatic carbocycles. The largest absolute Gasteiger partial charge is 0.397 e. The third kappa shape index (κ3) is 3.24. The molecule has 4 rings (SSSR count). The van der Waals surface area contributed by atoms with Gasteiger partial charge in [0.2, 0.25) is 0 Å². The first-order valence-electron chi connectivity index (χ1n) is 9.23. The van der Waals surface area contributed by atoms with Crippen LogP contribution in [0.3, 0.4) is 0 Å². The number of thiophene rings is 2. The van der Waals surface area contributed by atoms with Crippen molar-refractivity contribution < 1.29 is 9.59 Å². The lowest BCUT2D eigenvalue weighted by Crippen LogP contribution is -2.17. The van der Waals surface area contributed by atoms with Gasteiger partial charge in [-0.15, -0.1) is 22.7 Å². The fraction of sp³-hybridized carbons (Fsp3) is 0.136. The minimum absolute atomic E-state index is 0.292. The molecule has 8 heteroatoms. The van der Waals surface area contributed by atoms with E-state index in [0.29, 0.717) is 26.7 Å². The van der Waals surface area contributed by atoms with Crippen LogP contribution in [0.15, 0.2) is 35.7 Å². The highest BCUT2D eigenvalue weighted by Gasteiger charge is 2.24. The number of anilines is 2. The van der Waals surface area contributed by atoms with E-state index in [1.165, 1.54) is 22.7 Å². The Morgan fingerprint density at radius 1 is 1.07 bits per heavy atom. The lowest BCUT2D eigenvalue weighted by atomic mass is 10.0. The number of primary amides is 1. The van der Waals surface area contributed by atoms with Crippen molar-refractivity contribution >= 4 is 55.4 Å². The number of aromatic nitrogens is 1. The maximum Gasteiger partial charge on any atom is 0.268 e. The van der Waals surface area contributed by atoms with Crippen molar-refractivity contribution in [1.82, 2.24) is 4.98 Å². The molecule has 0 unspecified atom stereocenters. The molecular formula is C22H20N4O2S2. The topological polar surface area (TPSA) is 111 Å². The number of pyridine rings is 1. The summed E-state index contributed by atoms with van der Waals surface area (Å²) < 4.78 is 0. The molecule has 0 fully saturated rings. The Balaban J connectivity index is 1.75. The molecule has 4 aromatic rings. The van der Waals surface area contributed by atoms with E-state index in [4.69, 9.17) is 11.5 Å². The smallest absolute Gasteiger partial charge is 0.268 e. The normalized spacial score (nSPS) is 11.0. The first-order chi connectivity index (χ1) is 14.3. The fourth-order valence-electron chi connectivity index (χ4n) is 3.42. The maximum atomic E-state index is 13.1. The third-order valence-electron chi connectivity index (χ3n) is 5.23. The number of amides is 2. The van der Waals surface area contributed by atoms with Gasteiger partial charge in [-0.2, -0.15) is 0 Å². The van der Waals surface area contributed by atoms with Gasteiger partial charge in [-0.1, -0.05) is 30.3 Å². The molecule has 0 aliphatic heterocycles. The van der Waals surface area contributed by atoms with Crippen LogP contribution in [-0.2, 0) is 0 Å². The van der Waals surface area contributed by atoms with Crippen molar-refractivity contribution in [1.29, 1.82) is 0 Å². The molecule has 0 spiro atoms. The molecule has 3 heterocycles. The average Bonchev–Trinajstić information content (AvgIpc) is 3.28. The molecule has 0 aliphatic rings. The molecule has 152 valence electrons. The lowest BCUT2D eigenvalue weighted by molar-refractivity contribution is 0.100. The Morgan fingerprint density at radius 2 is 1.77 bits per heavy atom. The van der Waals surface area contributed by atoms with Gasteiger partial charge in [0.15, 0.2) is 0 Å². The molecule has 0 saturated carbocycles. The summed E-state index contributed by atoms with van der Waals surface area (Å²) in [6, 6.07) is 9.44. The number of nitrogens with two attached hydrogens (primary N) is 2. The predicted molar refractivity (Wildman–Crippen MR) is 124 cm³/mol. The summed E-state index contributed by atoms with van der Waals surface area (Å²) in [6.45, 7) is 5.91. The molecule has 3 aromatic heterocycles. The number of nitrogen functional groups attached to an aromatic ring is 1. The Hall–Kier alpha value is -3.23. The molecule has 6 nitrogen and oxygen atoms in total. The van der Waals surface area contributed by atoms with Gasteiger partial charge in [0.05, 0.1) is 11.3 Å². The van der Waals surface area contributed by atoms with Crippen LogP contribution in [0.4, 0.5) is 10.7 Å². The molecule has 30 heavy (non-hydrogen) atoms. The Labute approximate surface area is 181 Å². The van der Waals surface area contributed by atoms with Gasteiger partial charge in [-0.3, -0.25) is 9.59 Å². The second-order valence-corrected chi connectivity index (χ2v) is 8.89. The van der Waals surface area contributed by atoms with Crippen LogP contribution in [0.5, 0.6) is 0 Å². The van der Waals surface area contributed by atoms with Gasteiger partial charge in [0.25, 0.3) is 11.8 Å². The predicted octanol–water partition coefficient (Wildman–Crippen LogP) is 4.88. The standard InChI is InChI=1S/C22H20N4O2S2/c1-10-11(2)15-17(23)18(30-22(15)25-12(10)3)20(28)26-21-16(19(24)27)14(9-29-21)13-7-5-4-6-8-13/h4-9H,23H2,1-3H3,(H2,24,27)(H,26,28). The minimum Gasteiger partial charge on any atom is -0.397 e. The van der Waals surface area contributed by atoms with Gasteiger partial charge in [0, 0.05) is 22.0 Å². The number of hydrogen-bond acceptors (Lipinski definition) is 6. The van der Waals surface area contributed by atoms with Gasteiger partial charge in [-0.05, 0) is 37.5 Å². The van der Waals surface area contributed by atoms with Crippen LogP contribution in [0, 0.1) is 20.8 Å². The number of nitrogens with zero attached hydrogens (tertiary/aromatic N) is 1. The van der Waals surface area contributed by atoms with E-state index in [1.54, 1.807) is 0 Å².